The molecule has 3 heterocycles. The SMILES string of the molecule is COCCN1C(=O)[C@H]2[C@@H](C1=O)[C@@]1(N[C@@H]2CCC(N)=O)C(=O)Nc2ccc(Cl)cc21. The largest absolute Gasteiger partial charge is 0.383 e. The summed E-state index contributed by atoms with van der Waals surface area (Å²) in [5.74, 6) is -3.47. The zero-order valence-corrected chi connectivity index (χ0v) is 16.5. The molecule has 2 fully saturated rings. The van der Waals surface area contributed by atoms with Gasteiger partial charge in [-0.3, -0.25) is 29.4 Å². The summed E-state index contributed by atoms with van der Waals surface area (Å²) in [6.07, 6.45) is 0.263. The second-order valence-corrected chi connectivity index (χ2v) is 7.97. The van der Waals surface area contributed by atoms with Gasteiger partial charge in [0.05, 0.1) is 25.0 Å². The normalized spacial score (nSPS) is 30.1. The number of fused-ring (bicyclic) bond motifs is 4. The van der Waals surface area contributed by atoms with E-state index in [2.05, 4.69) is 10.6 Å². The van der Waals surface area contributed by atoms with Crippen molar-refractivity contribution in [1.82, 2.24) is 10.2 Å². The van der Waals surface area contributed by atoms with Gasteiger partial charge in [-0.05, 0) is 24.6 Å². The number of halogens is 1. The molecular weight excluding hydrogens is 400 g/mol. The van der Waals surface area contributed by atoms with Gasteiger partial charge in [-0.15, -0.1) is 0 Å². The number of ether oxygens (including phenoxy) is 1. The summed E-state index contributed by atoms with van der Waals surface area (Å²) < 4.78 is 5.02. The minimum Gasteiger partial charge on any atom is -0.383 e. The van der Waals surface area contributed by atoms with Crippen LogP contribution < -0.4 is 16.4 Å². The van der Waals surface area contributed by atoms with E-state index in [1.165, 1.54) is 7.11 Å². The molecule has 0 aliphatic carbocycles. The second-order valence-electron chi connectivity index (χ2n) is 7.53. The van der Waals surface area contributed by atoms with Crippen molar-refractivity contribution in [2.75, 3.05) is 25.6 Å². The molecule has 9 nitrogen and oxygen atoms in total. The van der Waals surface area contributed by atoms with Crippen molar-refractivity contribution >= 4 is 40.9 Å². The van der Waals surface area contributed by atoms with Crippen LogP contribution in [0, 0.1) is 11.8 Å². The van der Waals surface area contributed by atoms with Crippen molar-refractivity contribution in [2.24, 2.45) is 17.6 Å². The number of likely N-dealkylation sites (tertiary alicyclic amines) is 1. The Kier molecular flexibility index (Phi) is 4.84. The lowest BCUT2D eigenvalue weighted by atomic mass is 9.76. The van der Waals surface area contributed by atoms with Crippen molar-refractivity contribution in [3.63, 3.8) is 0 Å². The molecule has 4 N–H and O–H groups in total. The number of rotatable bonds is 6. The van der Waals surface area contributed by atoms with E-state index in [4.69, 9.17) is 22.1 Å². The fourth-order valence-corrected chi connectivity index (χ4v) is 4.96. The zero-order chi connectivity index (χ0) is 20.9. The minimum absolute atomic E-state index is 0.0283. The summed E-state index contributed by atoms with van der Waals surface area (Å²) in [5, 5.41) is 6.42. The van der Waals surface area contributed by atoms with E-state index in [1.807, 2.05) is 0 Å². The first-order valence-electron chi connectivity index (χ1n) is 9.33. The molecule has 0 bridgehead atoms. The summed E-state index contributed by atoms with van der Waals surface area (Å²) in [4.78, 5) is 52.0. The van der Waals surface area contributed by atoms with Gasteiger partial charge < -0.3 is 15.8 Å². The van der Waals surface area contributed by atoms with Crippen LogP contribution in [0.1, 0.15) is 18.4 Å². The monoisotopic (exact) mass is 420 g/mol. The van der Waals surface area contributed by atoms with Gasteiger partial charge in [-0.25, -0.2) is 0 Å². The maximum Gasteiger partial charge on any atom is 0.250 e. The number of carbonyl (C=O) groups excluding carboxylic acids is 4. The molecule has 4 amide bonds. The van der Waals surface area contributed by atoms with Gasteiger partial charge in [-0.2, -0.15) is 0 Å². The van der Waals surface area contributed by atoms with Crippen molar-refractivity contribution in [3.8, 4) is 0 Å². The van der Waals surface area contributed by atoms with Crippen LogP contribution in [0.4, 0.5) is 5.69 Å². The number of carbonyl (C=O) groups is 4. The number of anilines is 1. The van der Waals surface area contributed by atoms with Gasteiger partial charge in [0.25, 0.3) is 0 Å². The first-order valence-corrected chi connectivity index (χ1v) is 9.70. The lowest BCUT2D eigenvalue weighted by molar-refractivity contribution is -0.143. The first-order chi connectivity index (χ1) is 13.8. The maximum absolute atomic E-state index is 13.3. The molecule has 0 radical (unpaired) electrons. The molecule has 1 aromatic carbocycles. The van der Waals surface area contributed by atoms with Crippen molar-refractivity contribution in [2.45, 2.75) is 24.4 Å². The predicted octanol–water partition coefficient (Wildman–Crippen LogP) is -0.0277. The Morgan fingerprint density at radius 2 is 2.07 bits per heavy atom. The van der Waals surface area contributed by atoms with Crippen LogP contribution in [-0.2, 0) is 29.5 Å². The summed E-state index contributed by atoms with van der Waals surface area (Å²) in [6, 6.07) is 4.38. The van der Waals surface area contributed by atoms with Gasteiger partial charge in [0.1, 0.15) is 5.54 Å². The van der Waals surface area contributed by atoms with Crippen LogP contribution >= 0.6 is 11.6 Å². The molecule has 0 aromatic heterocycles. The van der Waals surface area contributed by atoms with E-state index in [0.29, 0.717) is 16.3 Å². The van der Waals surface area contributed by atoms with E-state index < -0.39 is 41.1 Å². The number of benzene rings is 1. The third-order valence-electron chi connectivity index (χ3n) is 5.99. The predicted molar refractivity (Wildman–Crippen MR) is 103 cm³/mol. The van der Waals surface area contributed by atoms with Crippen LogP contribution in [0.3, 0.4) is 0 Å². The van der Waals surface area contributed by atoms with Crippen LogP contribution in [0.5, 0.6) is 0 Å². The average molecular weight is 421 g/mol. The lowest BCUT2D eigenvalue weighted by Crippen LogP contribution is -2.53. The van der Waals surface area contributed by atoms with E-state index in [-0.39, 0.29) is 31.9 Å². The molecule has 154 valence electrons. The Bertz CT molecular complexity index is 922. The smallest absolute Gasteiger partial charge is 0.250 e. The number of primary amides is 1. The summed E-state index contributed by atoms with van der Waals surface area (Å²) in [5.41, 5.74) is 4.93. The highest BCUT2D eigenvalue weighted by atomic mass is 35.5. The molecule has 3 aliphatic rings. The van der Waals surface area contributed by atoms with Crippen LogP contribution in [0.25, 0.3) is 0 Å². The lowest BCUT2D eigenvalue weighted by Gasteiger charge is -2.29. The molecule has 29 heavy (non-hydrogen) atoms. The number of amides is 4. The molecule has 1 aromatic rings. The minimum atomic E-state index is -1.43. The summed E-state index contributed by atoms with van der Waals surface area (Å²) in [7, 11) is 1.48. The first kappa shape index (κ1) is 19.8. The van der Waals surface area contributed by atoms with Crippen molar-refractivity contribution in [3.05, 3.63) is 28.8 Å². The van der Waals surface area contributed by atoms with Gasteiger partial charge in [0, 0.05) is 35.8 Å². The number of methoxy groups -OCH3 is 1. The Balaban J connectivity index is 1.81. The van der Waals surface area contributed by atoms with Crippen LogP contribution in [0.15, 0.2) is 18.2 Å². The molecule has 0 saturated carbocycles. The quantitative estimate of drug-likeness (QED) is 0.554. The fourth-order valence-electron chi connectivity index (χ4n) is 4.78. The van der Waals surface area contributed by atoms with E-state index >= 15 is 0 Å². The number of nitrogens with two attached hydrogens (primary N) is 1. The number of nitrogens with zero attached hydrogens (tertiary/aromatic N) is 1. The third-order valence-corrected chi connectivity index (χ3v) is 6.22. The highest BCUT2D eigenvalue weighted by Crippen LogP contribution is 2.53. The van der Waals surface area contributed by atoms with Crippen LogP contribution in [-0.4, -0.2) is 54.8 Å². The Hall–Kier alpha value is -2.49. The van der Waals surface area contributed by atoms with Gasteiger partial charge in [0.15, 0.2) is 0 Å². The number of nitrogens with one attached hydrogen (secondary N) is 2. The zero-order valence-electron chi connectivity index (χ0n) is 15.7. The second kappa shape index (κ2) is 7.08. The maximum atomic E-state index is 13.3. The number of hydrogen-bond acceptors (Lipinski definition) is 6. The summed E-state index contributed by atoms with van der Waals surface area (Å²) >= 11 is 6.17. The summed E-state index contributed by atoms with van der Waals surface area (Å²) in [6.45, 7) is 0.293. The molecule has 10 heteroatoms. The van der Waals surface area contributed by atoms with Crippen molar-refractivity contribution in [1.29, 1.82) is 0 Å². The van der Waals surface area contributed by atoms with E-state index in [0.717, 1.165) is 4.90 Å². The van der Waals surface area contributed by atoms with Gasteiger partial charge in [0.2, 0.25) is 23.6 Å². The molecule has 4 rings (SSSR count). The highest BCUT2D eigenvalue weighted by Gasteiger charge is 2.70. The molecule has 1 spiro atoms. The van der Waals surface area contributed by atoms with Gasteiger partial charge >= 0.3 is 0 Å². The highest BCUT2D eigenvalue weighted by molar-refractivity contribution is 6.31. The average Bonchev–Trinajstić information content (AvgIpc) is 3.24. The Morgan fingerprint density at radius 3 is 2.76 bits per heavy atom. The topological polar surface area (TPSA) is 131 Å². The fraction of sp³-hybridized carbons (Fsp3) is 0.474. The standard InChI is InChI=1S/C19H21ClN4O5/c1-29-7-6-24-16(26)14-12(4-5-13(21)25)23-19(15(14)17(24)27)10-8-9(20)2-3-11(10)22-18(19)28/h2-3,8,12,14-15,23H,4-7H2,1H3,(H2,21,25)(H,22,28)/t12-,14-,15+,19-/m1/s1. The van der Waals surface area contributed by atoms with Crippen LogP contribution in [0.2, 0.25) is 5.02 Å². The van der Waals surface area contributed by atoms with E-state index in [9.17, 15) is 19.2 Å². The molecule has 4 atom stereocenters. The molecule has 3 aliphatic heterocycles. The third kappa shape index (κ3) is 2.84. The number of hydrogen-bond donors (Lipinski definition) is 3. The van der Waals surface area contributed by atoms with Crippen molar-refractivity contribution < 1.29 is 23.9 Å². The number of imide groups is 1. The molecular formula is C19H21ClN4O5. The van der Waals surface area contributed by atoms with Gasteiger partial charge in [-0.1, -0.05) is 11.6 Å². The Labute approximate surface area is 171 Å². The Morgan fingerprint density at radius 1 is 1.31 bits per heavy atom. The molecule has 2 saturated heterocycles. The van der Waals surface area contributed by atoms with E-state index in [1.54, 1.807) is 18.2 Å². The molecule has 0 unspecified atom stereocenters.